The molecule has 0 amide bonds. The van der Waals surface area contributed by atoms with Crippen LogP contribution in [0.15, 0.2) is 42.2 Å². The van der Waals surface area contributed by atoms with Crippen LogP contribution in [0.5, 0.6) is 0 Å². The summed E-state index contributed by atoms with van der Waals surface area (Å²) in [5, 5.41) is 26.2. The van der Waals surface area contributed by atoms with E-state index in [4.69, 9.17) is 19.6 Å². The fourth-order valence-corrected chi connectivity index (χ4v) is 4.10. The van der Waals surface area contributed by atoms with E-state index in [2.05, 4.69) is 30.1 Å². The van der Waals surface area contributed by atoms with Gasteiger partial charge in [-0.15, -0.1) is 0 Å². The van der Waals surface area contributed by atoms with Gasteiger partial charge >= 0.3 is 0 Å². The molecule has 34 heavy (non-hydrogen) atoms. The van der Waals surface area contributed by atoms with Crippen LogP contribution in [0.1, 0.15) is 23.7 Å². The van der Waals surface area contributed by atoms with Gasteiger partial charge < -0.3 is 24.6 Å². The summed E-state index contributed by atoms with van der Waals surface area (Å²) in [5.74, 6) is -0.454. The average molecular weight is 491 g/mol. The van der Waals surface area contributed by atoms with E-state index in [0.29, 0.717) is 43.1 Å². The van der Waals surface area contributed by atoms with E-state index in [0.717, 1.165) is 6.04 Å². The molecule has 3 rings (SSSR count). The van der Waals surface area contributed by atoms with Gasteiger partial charge in [0.2, 0.25) is 0 Å². The number of aliphatic hydroxyl groups excluding tert-OH is 1. The Hall–Kier alpha value is -2.70. The van der Waals surface area contributed by atoms with Crippen molar-refractivity contribution in [1.29, 1.82) is 5.41 Å². The predicted molar refractivity (Wildman–Crippen MR) is 127 cm³/mol. The lowest BCUT2D eigenvalue weighted by atomic mass is 10.1. The van der Waals surface area contributed by atoms with Crippen LogP contribution in [0.2, 0.25) is 25.7 Å². The van der Waals surface area contributed by atoms with Crippen molar-refractivity contribution in [3.63, 3.8) is 0 Å². The highest BCUT2D eigenvalue weighted by Crippen LogP contribution is 2.31. The normalized spacial score (nSPS) is 16.0. The van der Waals surface area contributed by atoms with Gasteiger partial charge in [-0.05, 0) is 36.4 Å². The monoisotopic (exact) mass is 490 g/mol. The Morgan fingerprint density at radius 3 is 2.79 bits per heavy atom. The number of aldehydes is 1. The lowest BCUT2D eigenvalue weighted by molar-refractivity contribution is -0.102. The first-order chi connectivity index (χ1) is 16.2. The molecule has 2 aromatic rings. The minimum absolute atomic E-state index is 0.0964. The van der Waals surface area contributed by atoms with Gasteiger partial charge in [-0.1, -0.05) is 19.6 Å². The second-order valence-corrected chi connectivity index (χ2v) is 14.7. The Labute approximate surface area is 199 Å². The van der Waals surface area contributed by atoms with Gasteiger partial charge in [-0.25, -0.2) is 9.07 Å². The highest BCUT2D eigenvalue weighted by atomic mass is 28.3. The predicted octanol–water partition coefficient (Wildman–Crippen LogP) is 3.09. The molecular formula is C23H31FN4O5Si. The third kappa shape index (κ3) is 6.90. The van der Waals surface area contributed by atoms with E-state index >= 15 is 0 Å². The molecular weight excluding hydrogens is 459 g/mol. The molecule has 9 nitrogen and oxygen atoms in total. The second kappa shape index (κ2) is 11.6. The maximum atomic E-state index is 14.0. The summed E-state index contributed by atoms with van der Waals surface area (Å²) in [4.78, 5) is 11.1. The van der Waals surface area contributed by atoms with Crippen LogP contribution in [0, 0.1) is 11.2 Å². The van der Waals surface area contributed by atoms with Crippen LogP contribution >= 0.6 is 0 Å². The van der Waals surface area contributed by atoms with Gasteiger partial charge in [0.25, 0.3) is 0 Å². The Morgan fingerprint density at radius 1 is 1.38 bits per heavy atom. The van der Waals surface area contributed by atoms with Crippen LogP contribution in [0.4, 0.5) is 4.39 Å². The molecule has 1 aliphatic heterocycles. The fraction of sp³-hybridized carbons (Fsp3) is 0.435. The molecule has 0 radical (unpaired) electrons. The molecule has 11 heteroatoms. The zero-order chi connectivity index (χ0) is 24.7. The van der Waals surface area contributed by atoms with Gasteiger partial charge in [0.15, 0.2) is 12.6 Å². The molecule has 1 unspecified atom stereocenters. The topological polar surface area (TPSA) is 119 Å². The summed E-state index contributed by atoms with van der Waals surface area (Å²) < 4.78 is 32.2. The van der Waals surface area contributed by atoms with Crippen molar-refractivity contribution in [1.82, 2.24) is 15.1 Å². The quantitative estimate of drug-likeness (QED) is 0.138. The molecule has 1 saturated heterocycles. The van der Waals surface area contributed by atoms with Crippen molar-refractivity contribution in [3.8, 4) is 5.69 Å². The molecule has 1 aliphatic rings. The van der Waals surface area contributed by atoms with E-state index in [1.54, 1.807) is 6.07 Å². The first-order valence-corrected chi connectivity index (χ1v) is 14.7. The van der Waals surface area contributed by atoms with Crippen LogP contribution in [0.3, 0.4) is 0 Å². The van der Waals surface area contributed by atoms with Crippen LogP contribution in [-0.2, 0) is 19.0 Å². The summed E-state index contributed by atoms with van der Waals surface area (Å²) in [5.41, 5.74) is 1.13. The average Bonchev–Trinajstić information content (AvgIpc) is 3.49. The number of hydrogen-bond donors (Lipinski definition) is 3. The van der Waals surface area contributed by atoms with Crippen molar-refractivity contribution in [2.75, 3.05) is 26.6 Å². The second-order valence-electron chi connectivity index (χ2n) is 9.06. The smallest absolute Gasteiger partial charge is 0.186 e. The Bertz CT molecular complexity index is 1030. The maximum Gasteiger partial charge on any atom is 0.186 e. The maximum absolute atomic E-state index is 14.0. The summed E-state index contributed by atoms with van der Waals surface area (Å²) >= 11 is 0. The van der Waals surface area contributed by atoms with Gasteiger partial charge in [0.1, 0.15) is 18.7 Å². The number of hydrogen-bond acceptors (Lipinski definition) is 8. The number of rotatable bonds is 12. The summed E-state index contributed by atoms with van der Waals surface area (Å²) in [6.07, 6.45) is 1.09. The largest absolute Gasteiger partial charge is 0.381 e. The number of carbonyl (C=O) groups excluding carboxylic acids is 1. The molecule has 0 saturated carbocycles. The number of aliphatic hydroxyl groups is 1. The van der Waals surface area contributed by atoms with E-state index in [-0.39, 0.29) is 18.1 Å². The van der Waals surface area contributed by atoms with Gasteiger partial charge in [0, 0.05) is 26.4 Å². The number of carbonyl (C=O) groups is 1. The van der Waals surface area contributed by atoms with Gasteiger partial charge in [-0.3, -0.25) is 10.2 Å². The highest BCUT2D eigenvalue weighted by Gasteiger charge is 2.26. The zero-order valence-electron chi connectivity index (χ0n) is 19.6. The molecule has 0 bridgehead atoms. The minimum Gasteiger partial charge on any atom is -0.381 e. The molecule has 184 valence electrons. The first kappa shape index (κ1) is 25.9. The Balaban J connectivity index is 1.85. The number of nitrogens with one attached hydrogen (secondary N) is 2. The molecule has 1 fully saturated rings. The molecule has 3 N–H and O–H groups in total. The van der Waals surface area contributed by atoms with Crippen molar-refractivity contribution in [2.24, 2.45) is 0 Å². The molecule has 0 aliphatic carbocycles. The number of nitrogens with zero attached hydrogens (tertiary/aromatic N) is 2. The van der Waals surface area contributed by atoms with Crippen LogP contribution in [0.25, 0.3) is 5.69 Å². The summed E-state index contributed by atoms with van der Waals surface area (Å²) in [6, 6.07) is 6.70. The zero-order valence-corrected chi connectivity index (χ0v) is 20.6. The lowest BCUT2D eigenvalue weighted by Gasteiger charge is -2.21. The minimum atomic E-state index is -1.27. The molecule has 1 aromatic carbocycles. The Kier molecular flexibility index (Phi) is 8.86. The van der Waals surface area contributed by atoms with Crippen molar-refractivity contribution < 1.29 is 28.5 Å². The van der Waals surface area contributed by atoms with E-state index in [1.807, 2.05) is 0 Å². The molecule has 0 spiro atoms. The van der Waals surface area contributed by atoms with E-state index < -0.39 is 26.3 Å². The summed E-state index contributed by atoms with van der Waals surface area (Å²) in [6.45, 7) is 8.17. The number of allylic oxidation sites excluding steroid dienone is 1. The van der Waals surface area contributed by atoms with Gasteiger partial charge in [0.05, 0.1) is 36.0 Å². The van der Waals surface area contributed by atoms with Crippen molar-refractivity contribution in [3.05, 3.63) is 59.3 Å². The standard InChI is InChI=1S/C23H31FN4O5Si/c1-34(2,3)11-10-31-15-26-19(13-17(25)14-29)22(30)21-6-7-27-28(21)20-5-4-16(24)12-18(20)23-32-8-9-33-23/h4-7,12-14,22-23,25-26,30H,8-11,15H2,1-3H3/b19-13-,25-17?. The number of halogens is 1. The summed E-state index contributed by atoms with van der Waals surface area (Å²) in [7, 11) is -1.25. The Morgan fingerprint density at radius 2 is 2.12 bits per heavy atom. The van der Waals surface area contributed by atoms with E-state index in [1.165, 1.54) is 35.2 Å². The molecule has 2 heterocycles. The van der Waals surface area contributed by atoms with Crippen LogP contribution in [-0.4, -0.2) is 61.5 Å². The molecule has 1 atom stereocenters. The van der Waals surface area contributed by atoms with Crippen molar-refractivity contribution in [2.45, 2.75) is 38.1 Å². The number of benzene rings is 1. The van der Waals surface area contributed by atoms with Crippen LogP contribution < -0.4 is 5.32 Å². The van der Waals surface area contributed by atoms with Gasteiger partial charge in [-0.2, -0.15) is 5.10 Å². The first-order valence-electron chi connectivity index (χ1n) is 11.0. The van der Waals surface area contributed by atoms with Crippen molar-refractivity contribution >= 4 is 20.1 Å². The van der Waals surface area contributed by atoms with E-state index in [9.17, 15) is 14.3 Å². The number of ether oxygens (including phenoxy) is 3. The highest BCUT2D eigenvalue weighted by molar-refractivity contribution is 6.76. The lowest BCUT2D eigenvalue weighted by Crippen LogP contribution is -2.27. The molecule has 1 aromatic heterocycles. The SMILES string of the molecule is C[Si](C)(C)CCOCN/C(=C\C(=N)C=O)C(O)c1ccnn1-c1ccc(F)cc1C1OCCO1. The number of aromatic nitrogens is 2. The fourth-order valence-electron chi connectivity index (χ4n) is 3.34. The third-order valence-corrected chi connectivity index (χ3v) is 6.86. The third-order valence-electron chi connectivity index (χ3n) is 5.15.